The van der Waals surface area contributed by atoms with Crippen LogP contribution in [0.5, 0.6) is 11.5 Å². The fourth-order valence-corrected chi connectivity index (χ4v) is 3.33. The van der Waals surface area contributed by atoms with Crippen LogP contribution in [-0.2, 0) is 6.61 Å². The van der Waals surface area contributed by atoms with E-state index in [4.69, 9.17) is 9.47 Å². The molecule has 0 fully saturated rings. The van der Waals surface area contributed by atoms with Crippen LogP contribution in [0.25, 0.3) is 0 Å². The normalized spacial score (nSPS) is 10.4. The monoisotopic (exact) mass is 336 g/mol. The van der Waals surface area contributed by atoms with Crippen molar-refractivity contribution >= 4 is 11.8 Å². The summed E-state index contributed by atoms with van der Waals surface area (Å²) >= 11 is 1.68. The maximum Gasteiger partial charge on any atom is 0.132 e. The summed E-state index contributed by atoms with van der Waals surface area (Å²) in [6, 6.07) is 24.6. The highest BCUT2D eigenvalue weighted by atomic mass is 32.2. The Bertz CT molecular complexity index is 797. The molecule has 0 saturated heterocycles. The Morgan fingerprint density at radius 1 is 0.875 bits per heavy atom. The topological polar surface area (TPSA) is 18.5 Å². The lowest BCUT2D eigenvalue weighted by molar-refractivity contribution is 0.306. The average Bonchev–Trinajstić information content (AvgIpc) is 2.62. The van der Waals surface area contributed by atoms with E-state index in [-0.39, 0.29) is 0 Å². The van der Waals surface area contributed by atoms with Crippen LogP contribution in [0.1, 0.15) is 11.1 Å². The van der Waals surface area contributed by atoms with E-state index >= 15 is 0 Å². The van der Waals surface area contributed by atoms with Crippen molar-refractivity contribution in [3.8, 4) is 11.5 Å². The molecular formula is C21H20O2S. The molecule has 0 atom stereocenters. The van der Waals surface area contributed by atoms with Crippen molar-refractivity contribution in [2.75, 3.05) is 7.11 Å². The molecule has 0 aliphatic heterocycles. The second-order valence-electron chi connectivity index (χ2n) is 5.50. The zero-order valence-electron chi connectivity index (χ0n) is 13.9. The van der Waals surface area contributed by atoms with Crippen molar-refractivity contribution < 1.29 is 9.47 Å². The molecule has 0 N–H and O–H groups in total. The van der Waals surface area contributed by atoms with Gasteiger partial charge in [0.15, 0.2) is 0 Å². The van der Waals surface area contributed by atoms with Crippen molar-refractivity contribution in [1.82, 2.24) is 0 Å². The Morgan fingerprint density at radius 3 is 2.42 bits per heavy atom. The summed E-state index contributed by atoms with van der Waals surface area (Å²) < 4.78 is 11.3. The molecule has 0 aliphatic rings. The van der Waals surface area contributed by atoms with E-state index in [1.807, 2.05) is 30.3 Å². The lowest BCUT2D eigenvalue weighted by Crippen LogP contribution is -1.95. The molecule has 0 bridgehead atoms. The van der Waals surface area contributed by atoms with E-state index in [1.54, 1.807) is 18.9 Å². The first-order valence-electron chi connectivity index (χ1n) is 7.84. The molecule has 0 unspecified atom stereocenters. The van der Waals surface area contributed by atoms with E-state index in [0.29, 0.717) is 6.61 Å². The molecule has 0 heterocycles. The van der Waals surface area contributed by atoms with Crippen molar-refractivity contribution in [2.24, 2.45) is 0 Å². The summed E-state index contributed by atoms with van der Waals surface area (Å²) in [7, 11) is 1.70. The van der Waals surface area contributed by atoms with E-state index in [2.05, 4.69) is 49.4 Å². The van der Waals surface area contributed by atoms with Crippen molar-refractivity contribution in [2.45, 2.75) is 23.3 Å². The van der Waals surface area contributed by atoms with E-state index in [0.717, 1.165) is 21.3 Å². The van der Waals surface area contributed by atoms with E-state index < -0.39 is 0 Å². The number of para-hydroxylation sites is 1. The number of benzene rings is 3. The van der Waals surface area contributed by atoms with Gasteiger partial charge in [-0.25, -0.2) is 0 Å². The van der Waals surface area contributed by atoms with Gasteiger partial charge in [0.25, 0.3) is 0 Å². The largest absolute Gasteiger partial charge is 0.496 e. The van der Waals surface area contributed by atoms with Crippen LogP contribution < -0.4 is 9.47 Å². The van der Waals surface area contributed by atoms with Gasteiger partial charge in [0.2, 0.25) is 0 Å². The van der Waals surface area contributed by atoms with Crippen molar-refractivity contribution in [3.63, 3.8) is 0 Å². The first-order chi connectivity index (χ1) is 11.7. The quantitative estimate of drug-likeness (QED) is 0.572. The summed E-state index contributed by atoms with van der Waals surface area (Å²) in [4.78, 5) is 2.26. The highest BCUT2D eigenvalue weighted by molar-refractivity contribution is 7.99. The first kappa shape index (κ1) is 16.5. The van der Waals surface area contributed by atoms with Crippen LogP contribution in [0.4, 0.5) is 0 Å². The van der Waals surface area contributed by atoms with Crippen LogP contribution in [0, 0.1) is 6.92 Å². The van der Waals surface area contributed by atoms with Crippen LogP contribution in [-0.4, -0.2) is 7.11 Å². The molecule has 3 rings (SSSR count). The molecule has 2 nitrogen and oxygen atoms in total. The number of ether oxygens (including phenoxy) is 2. The third-order valence-electron chi connectivity index (χ3n) is 3.61. The third kappa shape index (κ3) is 4.33. The van der Waals surface area contributed by atoms with Crippen LogP contribution in [0.15, 0.2) is 82.6 Å². The average molecular weight is 336 g/mol. The molecule has 3 aromatic carbocycles. The number of hydrogen-bond acceptors (Lipinski definition) is 3. The van der Waals surface area contributed by atoms with E-state index in [1.165, 1.54) is 11.1 Å². The van der Waals surface area contributed by atoms with Gasteiger partial charge in [0, 0.05) is 4.90 Å². The van der Waals surface area contributed by atoms with Crippen LogP contribution in [0.2, 0.25) is 0 Å². The van der Waals surface area contributed by atoms with Gasteiger partial charge in [0.1, 0.15) is 18.1 Å². The Morgan fingerprint density at radius 2 is 1.67 bits per heavy atom. The predicted molar refractivity (Wildman–Crippen MR) is 99.1 cm³/mol. The SMILES string of the molecule is COc1ccccc1Sc1ccc(OCc2cccc(C)c2)cc1. The Hall–Kier alpha value is -2.39. The molecule has 0 amide bonds. The number of methoxy groups -OCH3 is 1. The van der Waals surface area contributed by atoms with Gasteiger partial charge in [-0.2, -0.15) is 0 Å². The third-order valence-corrected chi connectivity index (χ3v) is 4.67. The standard InChI is InChI=1S/C21H20O2S/c1-16-6-5-7-17(14-16)15-23-18-10-12-19(13-11-18)24-21-9-4-3-8-20(21)22-2/h3-14H,15H2,1-2H3. The van der Waals surface area contributed by atoms with Crippen molar-refractivity contribution in [3.05, 3.63) is 83.9 Å². The molecule has 24 heavy (non-hydrogen) atoms. The molecule has 0 spiro atoms. The second-order valence-corrected chi connectivity index (χ2v) is 6.62. The maximum atomic E-state index is 5.86. The maximum absolute atomic E-state index is 5.86. The lowest BCUT2D eigenvalue weighted by Gasteiger charge is -2.09. The molecule has 3 aromatic rings. The van der Waals surface area contributed by atoms with Gasteiger partial charge < -0.3 is 9.47 Å². The molecule has 0 aliphatic carbocycles. The Kier molecular flexibility index (Phi) is 5.44. The Balaban J connectivity index is 1.63. The Labute approximate surface area is 147 Å². The predicted octanol–water partition coefficient (Wildman–Crippen LogP) is 5.73. The zero-order chi connectivity index (χ0) is 16.8. The molecule has 0 radical (unpaired) electrons. The summed E-state index contributed by atoms with van der Waals surface area (Å²) in [6.07, 6.45) is 0. The minimum atomic E-state index is 0.584. The summed E-state index contributed by atoms with van der Waals surface area (Å²) in [5.74, 6) is 1.77. The first-order valence-corrected chi connectivity index (χ1v) is 8.65. The molecule has 0 aromatic heterocycles. The van der Waals surface area contributed by atoms with Crippen LogP contribution in [0.3, 0.4) is 0 Å². The summed E-state index contributed by atoms with van der Waals surface area (Å²) in [5, 5.41) is 0. The summed E-state index contributed by atoms with van der Waals surface area (Å²) in [5.41, 5.74) is 2.43. The highest BCUT2D eigenvalue weighted by Gasteiger charge is 2.04. The van der Waals surface area contributed by atoms with Crippen molar-refractivity contribution in [1.29, 1.82) is 0 Å². The molecule has 3 heteroatoms. The smallest absolute Gasteiger partial charge is 0.132 e. The number of aryl methyl sites for hydroxylation is 1. The highest BCUT2D eigenvalue weighted by Crippen LogP contribution is 2.35. The van der Waals surface area contributed by atoms with Gasteiger partial charge in [-0.05, 0) is 48.9 Å². The van der Waals surface area contributed by atoms with Gasteiger partial charge in [-0.3, -0.25) is 0 Å². The molecule has 0 saturated carbocycles. The summed E-state index contributed by atoms with van der Waals surface area (Å²) in [6.45, 7) is 2.67. The van der Waals surface area contributed by atoms with Crippen LogP contribution >= 0.6 is 11.8 Å². The van der Waals surface area contributed by atoms with Gasteiger partial charge in [0.05, 0.1) is 12.0 Å². The second kappa shape index (κ2) is 7.93. The fourth-order valence-electron chi connectivity index (χ4n) is 2.40. The molecular weight excluding hydrogens is 316 g/mol. The minimum Gasteiger partial charge on any atom is -0.496 e. The van der Waals surface area contributed by atoms with Gasteiger partial charge >= 0.3 is 0 Å². The molecule has 122 valence electrons. The zero-order valence-corrected chi connectivity index (χ0v) is 14.7. The lowest BCUT2D eigenvalue weighted by atomic mass is 10.1. The van der Waals surface area contributed by atoms with Gasteiger partial charge in [-0.15, -0.1) is 0 Å². The fraction of sp³-hybridized carbons (Fsp3) is 0.143. The number of hydrogen-bond donors (Lipinski definition) is 0. The van der Waals surface area contributed by atoms with Gasteiger partial charge in [-0.1, -0.05) is 53.7 Å². The van der Waals surface area contributed by atoms with E-state index in [9.17, 15) is 0 Å². The number of rotatable bonds is 6. The minimum absolute atomic E-state index is 0.584.